The van der Waals surface area contributed by atoms with Gasteiger partial charge in [-0.2, -0.15) is 0 Å². The summed E-state index contributed by atoms with van der Waals surface area (Å²) in [5, 5.41) is 13.7. The van der Waals surface area contributed by atoms with Crippen LogP contribution in [0.25, 0.3) is 87.1 Å². The molecule has 4 nitrogen and oxygen atoms in total. The van der Waals surface area contributed by atoms with E-state index in [2.05, 4.69) is 309 Å². The zero-order valence-electron chi connectivity index (χ0n) is 55.0. The Labute approximate surface area is 534 Å². The van der Waals surface area contributed by atoms with Crippen molar-refractivity contribution in [1.29, 1.82) is 0 Å². The molecule has 0 aliphatic rings. The summed E-state index contributed by atoms with van der Waals surface area (Å²) < 4.78 is 0. The van der Waals surface area contributed by atoms with Gasteiger partial charge in [-0.1, -0.05) is 229 Å². The zero-order valence-corrected chi connectivity index (χ0v) is 55.0. The maximum absolute atomic E-state index is 4.35. The lowest BCUT2D eigenvalue weighted by Gasteiger charge is -2.11. The van der Waals surface area contributed by atoms with Crippen LogP contribution in [0.15, 0.2) is 255 Å². The Morgan fingerprint density at radius 1 is 0.222 bits per heavy atom. The molecule has 0 saturated heterocycles. The molecule has 0 N–H and O–H groups in total. The minimum atomic E-state index is 0.973. The van der Waals surface area contributed by atoms with Gasteiger partial charge in [-0.15, -0.1) is 0 Å². The summed E-state index contributed by atoms with van der Waals surface area (Å²) in [5.41, 5.74) is 24.5. The monoisotopic (exact) mass is 1170 g/mol. The molecular weight excluding hydrogens is 1090 g/mol. The van der Waals surface area contributed by atoms with Gasteiger partial charge in [0.15, 0.2) is 0 Å². The SMILES string of the molecule is Cc1c2ccccc2c(C)c2ccccc12.Cc1ccc(C)c2ccccc12.Cc1ccc2cc(C)ccc2c1.Cc1ccc2nc(C)ccc2n1.Cc1cccc(-c2cccc(C)c2)c1.Cc1cccc2c(C)cccc12.Cc1ccnc2c(C)ccnc12. The first-order valence-electron chi connectivity index (χ1n) is 31.2. The molecule has 0 fully saturated rings. The first-order chi connectivity index (χ1) is 43.4. The average molecular weight is 1170 g/mol. The molecule has 0 amide bonds. The van der Waals surface area contributed by atoms with E-state index >= 15 is 0 Å². The number of fused-ring (bicyclic) bond motifs is 7. The molecule has 0 unspecified atom stereocenters. The van der Waals surface area contributed by atoms with Crippen LogP contribution < -0.4 is 0 Å². The Bertz CT molecular complexity index is 4370. The lowest BCUT2D eigenvalue weighted by Crippen LogP contribution is -1.88. The first-order valence-corrected chi connectivity index (χ1v) is 31.2. The molecule has 4 aromatic heterocycles. The van der Waals surface area contributed by atoms with Crippen molar-refractivity contribution >= 4 is 75.9 Å². The van der Waals surface area contributed by atoms with Gasteiger partial charge in [0.05, 0.1) is 22.1 Å². The molecule has 4 heterocycles. The average Bonchev–Trinajstić information content (AvgIpc) is 0.941. The molecule has 0 bridgehead atoms. The van der Waals surface area contributed by atoms with E-state index in [1.807, 2.05) is 62.6 Å². The van der Waals surface area contributed by atoms with E-state index < -0.39 is 0 Å². The maximum atomic E-state index is 4.35. The van der Waals surface area contributed by atoms with E-state index in [4.69, 9.17) is 0 Å². The van der Waals surface area contributed by atoms with Crippen molar-refractivity contribution in [2.24, 2.45) is 0 Å². The van der Waals surface area contributed by atoms with Crippen LogP contribution in [0.2, 0.25) is 0 Å². The van der Waals surface area contributed by atoms with Crippen LogP contribution in [0.3, 0.4) is 0 Å². The third-order valence-electron chi connectivity index (χ3n) is 16.6. The highest BCUT2D eigenvalue weighted by atomic mass is 14.8. The standard InChI is InChI=1S/C16H14.C14H14.3C12H12.2C10H10N2/c1-11-13-7-3-5-9-15(13)12(2)16-10-6-4-8-14(11)16;1-11-5-3-7-13(9-11)14-8-4-6-12(2)10-14;1-9-3-5-12-8-10(2)4-6-11(12)7-9;1-9-5-3-8-12-10(2)6-4-7-11(9)12;1-9-7-8-10(2)12-6-4-3-5-11(9)12;1-7-3-5-12-10-8(2)4-6-11-9(7)10;1-7-3-5-10-9(11-7)6-4-8(2)12-10/h3-10H,1-2H3;3-10H,1-2H3;3*3-8H,1-2H3;2*3-6H,1-2H3. The van der Waals surface area contributed by atoms with Gasteiger partial charge in [0, 0.05) is 23.8 Å². The molecule has 0 atom stereocenters. The molecule has 448 valence electrons. The summed E-state index contributed by atoms with van der Waals surface area (Å²) in [6, 6.07) is 85.3. The van der Waals surface area contributed by atoms with Crippen molar-refractivity contribution in [3.63, 3.8) is 0 Å². The number of nitrogens with zero attached hydrogens (tertiary/aromatic N) is 4. The number of benzene rings is 11. The van der Waals surface area contributed by atoms with Crippen molar-refractivity contribution in [2.45, 2.75) is 96.9 Å². The van der Waals surface area contributed by atoms with Gasteiger partial charge in [-0.3, -0.25) is 19.9 Å². The minimum Gasteiger partial charge on any atom is -0.254 e. The zero-order chi connectivity index (χ0) is 63.8. The number of hydrogen-bond acceptors (Lipinski definition) is 4. The molecule has 15 rings (SSSR count). The van der Waals surface area contributed by atoms with Crippen LogP contribution in [0.5, 0.6) is 0 Å². The maximum Gasteiger partial charge on any atom is 0.0918 e. The van der Waals surface area contributed by atoms with Crippen molar-refractivity contribution in [3.8, 4) is 11.1 Å². The third kappa shape index (κ3) is 16.3. The van der Waals surface area contributed by atoms with E-state index in [9.17, 15) is 0 Å². The number of hydrogen-bond donors (Lipinski definition) is 0. The molecule has 0 saturated carbocycles. The summed E-state index contributed by atoms with van der Waals surface area (Å²) >= 11 is 0. The smallest absolute Gasteiger partial charge is 0.0918 e. The van der Waals surface area contributed by atoms with E-state index in [-0.39, 0.29) is 0 Å². The Morgan fingerprint density at radius 3 is 0.889 bits per heavy atom. The van der Waals surface area contributed by atoms with E-state index in [1.165, 1.54) is 132 Å². The first kappa shape index (κ1) is 64.3. The Morgan fingerprint density at radius 2 is 0.533 bits per heavy atom. The number of aryl methyl sites for hydroxylation is 14. The molecule has 0 radical (unpaired) electrons. The molecule has 90 heavy (non-hydrogen) atoms. The van der Waals surface area contributed by atoms with Gasteiger partial charge in [0.1, 0.15) is 0 Å². The minimum absolute atomic E-state index is 0.973. The lowest BCUT2D eigenvalue weighted by molar-refractivity contribution is 1.20. The Kier molecular flexibility index (Phi) is 21.6. The van der Waals surface area contributed by atoms with Crippen molar-refractivity contribution in [3.05, 3.63) is 333 Å². The highest BCUT2D eigenvalue weighted by molar-refractivity contribution is 6.05. The van der Waals surface area contributed by atoms with Crippen LogP contribution in [-0.2, 0) is 0 Å². The van der Waals surface area contributed by atoms with E-state index in [0.717, 1.165) is 33.5 Å². The summed E-state index contributed by atoms with van der Waals surface area (Å²) in [7, 11) is 0. The predicted octanol–water partition coefficient (Wildman–Crippen LogP) is 23.4. The Balaban J connectivity index is 0.000000125. The fraction of sp³-hybridized carbons (Fsp3) is 0.163. The normalized spacial score (nSPS) is 10.6. The van der Waals surface area contributed by atoms with Gasteiger partial charge >= 0.3 is 0 Å². The van der Waals surface area contributed by atoms with Crippen LogP contribution in [0, 0.1) is 96.9 Å². The van der Waals surface area contributed by atoms with Gasteiger partial charge < -0.3 is 0 Å². The van der Waals surface area contributed by atoms with Crippen LogP contribution in [0.1, 0.15) is 78.1 Å². The van der Waals surface area contributed by atoms with Crippen LogP contribution >= 0.6 is 0 Å². The molecule has 0 spiro atoms. The second-order valence-electron chi connectivity index (χ2n) is 23.8. The van der Waals surface area contributed by atoms with Crippen LogP contribution in [0.4, 0.5) is 0 Å². The molecule has 11 aromatic carbocycles. The van der Waals surface area contributed by atoms with E-state index in [0.29, 0.717) is 0 Å². The van der Waals surface area contributed by atoms with Crippen molar-refractivity contribution < 1.29 is 0 Å². The van der Waals surface area contributed by atoms with Crippen LogP contribution in [-0.4, -0.2) is 19.9 Å². The summed E-state index contributed by atoms with van der Waals surface area (Å²) in [4.78, 5) is 17.3. The second kappa shape index (κ2) is 30.2. The highest BCUT2D eigenvalue weighted by Crippen LogP contribution is 2.32. The number of aromatic nitrogens is 4. The highest BCUT2D eigenvalue weighted by Gasteiger charge is 2.08. The largest absolute Gasteiger partial charge is 0.254 e. The fourth-order valence-corrected chi connectivity index (χ4v) is 11.4. The summed E-state index contributed by atoms with van der Waals surface area (Å²) in [6.07, 6.45) is 3.65. The molecule has 4 heteroatoms. The second-order valence-corrected chi connectivity index (χ2v) is 23.8. The quantitative estimate of drug-likeness (QED) is 0.154. The van der Waals surface area contributed by atoms with Crippen molar-refractivity contribution in [1.82, 2.24) is 19.9 Å². The Hall–Kier alpha value is -10.2. The lowest BCUT2D eigenvalue weighted by atomic mass is 9.93. The molecule has 15 aromatic rings. The van der Waals surface area contributed by atoms with Gasteiger partial charge in [0.2, 0.25) is 0 Å². The van der Waals surface area contributed by atoms with Gasteiger partial charge in [-0.05, 0) is 243 Å². The van der Waals surface area contributed by atoms with Gasteiger partial charge in [-0.25, -0.2) is 0 Å². The fourth-order valence-electron chi connectivity index (χ4n) is 11.4. The topological polar surface area (TPSA) is 51.6 Å². The predicted molar refractivity (Wildman–Crippen MR) is 391 cm³/mol. The number of rotatable bonds is 1. The molecule has 0 aliphatic carbocycles. The summed E-state index contributed by atoms with van der Waals surface area (Å²) in [6.45, 7) is 29.6. The van der Waals surface area contributed by atoms with Gasteiger partial charge in [0.25, 0.3) is 0 Å². The third-order valence-corrected chi connectivity index (χ3v) is 16.6. The molecule has 0 aliphatic heterocycles. The van der Waals surface area contributed by atoms with E-state index in [1.54, 1.807) is 0 Å². The summed E-state index contributed by atoms with van der Waals surface area (Å²) in [5.74, 6) is 0. The van der Waals surface area contributed by atoms with Crippen molar-refractivity contribution in [2.75, 3.05) is 0 Å². The molecular formula is C86H84N4. The number of pyridine rings is 4.